The van der Waals surface area contributed by atoms with Crippen molar-refractivity contribution in [3.8, 4) is 5.75 Å². The van der Waals surface area contributed by atoms with E-state index >= 15 is 0 Å². The zero-order valence-corrected chi connectivity index (χ0v) is 17.1. The molecular formula is C22H27N4OS+. The lowest BCUT2D eigenvalue weighted by atomic mass is 9.90. The Bertz CT molecular complexity index is 944. The zero-order chi connectivity index (χ0) is 19.3. The fraction of sp³-hybridized carbons (Fsp3) is 0.364. The highest BCUT2D eigenvalue weighted by Crippen LogP contribution is 2.23. The smallest absolute Gasteiger partial charge is 0.202 e. The molecular weight excluding hydrogens is 368 g/mol. The van der Waals surface area contributed by atoms with Crippen LogP contribution >= 0.6 is 12.2 Å². The summed E-state index contributed by atoms with van der Waals surface area (Å²) in [6.45, 7) is 3.53. The highest BCUT2D eigenvalue weighted by Gasteiger charge is 2.24. The van der Waals surface area contributed by atoms with Crippen molar-refractivity contribution in [2.75, 3.05) is 13.1 Å². The SMILES string of the molecule is Cn1c(COc2ccccc2)nn(C[NH+]2CCC(c3ccccc3)CC2)c1=S. The minimum Gasteiger partial charge on any atom is -0.486 e. The molecule has 0 amide bonds. The topological polar surface area (TPSA) is 36.4 Å². The summed E-state index contributed by atoms with van der Waals surface area (Å²) in [4.78, 5) is 1.54. The van der Waals surface area contributed by atoms with Crippen molar-refractivity contribution < 1.29 is 9.64 Å². The molecule has 6 heteroatoms. The van der Waals surface area contributed by atoms with Gasteiger partial charge in [-0.15, -0.1) is 5.10 Å². The third-order valence-electron chi connectivity index (χ3n) is 5.58. The van der Waals surface area contributed by atoms with Crippen LogP contribution in [0, 0.1) is 4.77 Å². The number of para-hydroxylation sites is 1. The first kappa shape index (κ1) is 18.9. The maximum atomic E-state index is 5.84. The first-order valence-electron chi connectivity index (χ1n) is 9.90. The molecule has 0 unspecified atom stereocenters. The van der Waals surface area contributed by atoms with Crippen molar-refractivity contribution in [1.82, 2.24) is 14.3 Å². The number of piperidine rings is 1. The van der Waals surface area contributed by atoms with E-state index in [1.807, 2.05) is 46.6 Å². The number of likely N-dealkylation sites (tertiary alicyclic amines) is 1. The molecule has 0 atom stereocenters. The van der Waals surface area contributed by atoms with Crippen molar-refractivity contribution in [3.63, 3.8) is 0 Å². The summed E-state index contributed by atoms with van der Waals surface area (Å²) in [5, 5.41) is 4.73. The van der Waals surface area contributed by atoms with Gasteiger partial charge in [0.25, 0.3) is 0 Å². The quantitative estimate of drug-likeness (QED) is 0.652. The molecule has 5 nitrogen and oxygen atoms in total. The van der Waals surface area contributed by atoms with Gasteiger partial charge in [-0.05, 0) is 35.8 Å². The van der Waals surface area contributed by atoms with E-state index in [9.17, 15) is 0 Å². The van der Waals surface area contributed by atoms with Gasteiger partial charge in [0, 0.05) is 19.9 Å². The molecule has 2 aromatic carbocycles. The third kappa shape index (κ3) is 4.34. The molecule has 1 aromatic heterocycles. The van der Waals surface area contributed by atoms with Crippen LogP contribution in [0.5, 0.6) is 5.75 Å². The molecule has 0 saturated carbocycles. The second kappa shape index (κ2) is 8.71. The highest BCUT2D eigenvalue weighted by molar-refractivity contribution is 7.71. The molecule has 28 heavy (non-hydrogen) atoms. The average molecular weight is 396 g/mol. The predicted molar refractivity (Wildman–Crippen MR) is 112 cm³/mol. The number of nitrogens with one attached hydrogen (secondary N) is 1. The van der Waals surface area contributed by atoms with E-state index in [-0.39, 0.29) is 0 Å². The summed E-state index contributed by atoms with van der Waals surface area (Å²) < 4.78 is 10.5. The van der Waals surface area contributed by atoms with Gasteiger partial charge in [0.05, 0.1) is 13.1 Å². The lowest BCUT2D eigenvalue weighted by Gasteiger charge is -2.29. The Morgan fingerprint density at radius 1 is 1.04 bits per heavy atom. The molecule has 2 heterocycles. The Morgan fingerprint density at radius 3 is 2.36 bits per heavy atom. The van der Waals surface area contributed by atoms with E-state index in [4.69, 9.17) is 22.1 Å². The number of nitrogens with zero attached hydrogens (tertiary/aromatic N) is 3. The first-order chi connectivity index (χ1) is 13.7. The number of ether oxygens (including phenoxy) is 1. The summed E-state index contributed by atoms with van der Waals surface area (Å²) in [6.07, 6.45) is 2.42. The molecule has 146 valence electrons. The lowest BCUT2D eigenvalue weighted by Crippen LogP contribution is -3.12. The number of quaternary nitrogens is 1. The largest absolute Gasteiger partial charge is 0.486 e. The Balaban J connectivity index is 1.36. The standard InChI is InChI=1S/C22H26N4OS/c1-24-21(16-27-20-10-6-3-7-11-20)23-26(22(24)28)17-25-14-12-19(13-15-25)18-8-4-2-5-9-18/h2-11,19H,12-17H2,1H3/p+1. The van der Waals surface area contributed by atoms with Crippen LogP contribution in [0.1, 0.15) is 30.1 Å². The van der Waals surface area contributed by atoms with Gasteiger partial charge in [-0.2, -0.15) is 4.68 Å². The predicted octanol–water partition coefficient (Wildman–Crippen LogP) is 2.95. The summed E-state index contributed by atoms with van der Waals surface area (Å²) in [6, 6.07) is 20.7. The van der Waals surface area contributed by atoms with E-state index in [2.05, 4.69) is 30.3 Å². The van der Waals surface area contributed by atoms with Gasteiger partial charge < -0.3 is 14.2 Å². The fourth-order valence-electron chi connectivity index (χ4n) is 3.88. The second-order valence-corrected chi connectivity index (χ2v) is 7.82. The monoisotopic (exact) mass is 395 g/mol. The van der Waals surface area contributed by atoms with Gasteiger partial charge in [-0.25, -0.2) is 0 Å². The maximum Gasteiger partial charge on any atom is 0.202 e. The van der Waals surface area contributed by atoms with Crippen LogP contribution in [0.3, 0.4) is 0 Å². The third-order valence-corrected chi connectivity index (χ3v) is 6.06. The summed E-state index contributed by atoms with van der Waals surface area (Å²) in [7, 11) is 1.96. The van der Waals surface area contributed by atoms with Crippen LogP contribution in [0.4, 0.5) is 0 Å². The zero-order valence-electron chi connectivity index (χ0n) is 16.3. The van der Waals surface area contributed by atoms with Gasteiger partial charge in [-0.3, -0.25) is 0 Å². The van der Waals surface area contributed by atoms with Gasteiger partial charge in [-0.1, -0.05) is 48.5 Å². The Morgan fingerprint density at radius 2 is 1.68 bits per heavy atom. The second-order valence-electron chi connectivity index (χ2n) is 7.45. The van der Waals surface area contributed by atoms with Crippen molar-refractivity contribution >= 4 is 12.2 Å². The normalized spacial score (nSPS) is 19.5. The molecule has 1 fully saturated rings. The molecule has 4 rings (SSSR count). The highest BCUT2D eigenvalue weighted by atomic mass is 32.1. The number of hydrogen-bond acceptors (Lipinski definition) is 3. The maximum absolute atomic E-state index is 5.84. The number of rotatable bonds is 6. The molecule has 1 N–H and O–H groups in total. The molecule has 1 aliphatic heterocycles. The Labute approximate surface area is 171 Å². The van der Waals surface area contributed by atoms with Gasteiger partial charge in [0.1, 0.15) is 12.4 Å². The number of hydrogen-bond donors (Lipinski definition) is 1. The average Bonchev–Trinajstić information content (AvgIpc) is 3.02. The molecule has 0 radical (unpaired) electrons. The summed E-state index contributed by atoms with van der Waals surface area (Å²) >= 11 is 5.61. The number of benzene rings is 2. The first-order valence-corrected chi connectivity index (χ1v) is 10.3. The van der Waals surface area contributed by atoms with Gasteiger partial charge in [0.15, 0.2) is 12.5 Å². The molecule has 0 bridgehead atoms. The molecule has 1 aliphatic rings. The minimum absolute atomic E-state index is 0.419. The van der Waals surface area contributed by atoms with Crippen molar-refractivity contribution in [2.24, 2.45) is 7.05 Å². The van der Waals surface area contributed by atoms with E-state index in [0.717, 1.165) is 36.1 Å². The van der Waals surface area contributed by atoms with Crippen LogP contribution in [0.15, 0.2) is 60.7 Å². The summed E-state index contributed by atoms with van der Waals surface area (Å²) in [5.41, 5.74) is 1.47. The Kier molecular flexibility index (Phi) is 5.88. The van der Waals surface area contributed by atoms with E-state index < -0.39 is 0 Å². The van der Waals surface area contributed by atoms with Crippen LogP contribution < -0.4 is 9.64 Å². The lowest BCUT2D eigenvalue weighted by molar-refractivity contribution is -0.928. The summed E-state index contributed by atoms with van der Waals surface area (Å²) in [5.74, 6) is 2.38. The molecule has 0 aliphatic carbocycles. The Hall–Kier alpha value is -2.44. The van der Waals surface area contributed by atoms with E-state index in [1.54, 1.807) is 0 Å². The van der Waals surface area contributed by atoms with Crippen molar-refractivity contribution in [3.05, 3.63) is 76.8 Å². The van der Waals surface area contributed by atoms with Crippen molar-refractivity contribution in [1.29, 1.82) is 0 Å². The van der Waals surface area contributed by atoms with Gasteiger partial charge in [0.2, 0.25) is 4.77 Å². The number of aromatic nitrogens is 3. The van der Waals surface area contributed by atoms with Crippen LogP contribution in [-0.2, 0) is 20.3 Å². The minimum atomic E-state index is 0.419. The van der Waals surface area contributed by atoms with Gasteiger partial charge >= 0.3 is 0 Å². The van der Waals surface area contributed by atoms with Crippen LogP contribution in [0.2, 0.25) is 0 Å². The molecule has 1 saturated heterocycles. The fourth-order valence-corrected chi connectivity index (χ4v) is 4.09. The van der Waals surface area contributed by atoms with Crippen LogP contribution in [-0.4, -0.2) is 27.4 Å². The molecule has 0 spiro atoms. The van der Waals surface area contributed by atoms with Crippen molar-refractivity contribution in [2.45, 2.75) is 32.0 Å². The van der Waals surface area contributed by atoms with E-state index in [0.29, 0.717) is 12.5 Å². The molecule has 3 aromatic rings. The van der Waals surface area contributed by atoms with Crippen LogP contribution in [0.25, 0.3) is 0 Å². The van der Waals surface area contributed by atoms with E-state index in [1.165, 1.54) is 23.3 Å².